The third kappa shape index (κ3) is 4.58. The molecule has 0 aromatic heterocycles. The molecule has 0 aromatic rings. The zero-order valence-electron chi connectivity index (χ0n) is 8.60. The van der Waals surface area contributed by atoms with Gasteiger partial charge in [0.15, 0.2) is 0 Å². The highest BCUT2D eigenvalue weighted by atomic mass is 16.3. The predicted octanol–water partition coefficient (Wildman–Crippen LogP) is 2.17. The molecule has 0 aromatic carbocycles. The third-order valence-electron chi connectivity index (χ3n) is 2.53. The molecular weight excluding hydrogens is 176 g/mol. The van der Waals surface area contributed by atoms with E-state index in [1.807, 2.05) is 6.08 Å². The fourth-order valence-corrected chi connectivity index (χ4v) is 1.58. The molecule has 2 heteroatoms. The summed E-state index contributed by atoms with van der Waals surface area (Å²) in [4.78, 5) is 0. The van der Waals surface area contributed by atoms with Gasteiger partial charge in [0.25, 0.3) is 0 Å². The van der Waals surface area contributed by atoms with Crippen LogP contribution >= 0.6 is 0 Å². The van der Waals surface area contributed by atoms with Crippen LogP contribution in [0.1, 0.15) is 38.5 Å². The first kappa shape index (κ1) is 11.5. The molecule has 14 heavy (non-hydrogen) atoms. The Bertz CT molecular complexity index is 196. The average Bonchev–Trinajstić information content (AvgIpc) is 2.18. The van der Waals surface area contributed by atoms with E-state index in [9.17, 15) is 10.2 Å². The van der Waals surface area contributed by atoms with E-state index in [1.165, 1.54) is 0 Å². The summed E-state index contributed by atoms with van der Waals surface area (Å²) < 4.78 is 0. The number of aliphatic hydroxyl groups is 2. The Morgan fingerprint density at radius 1 is 0.786 bits per heavy atom. The molecule has 0 spiro atoms. The molecule has 1 aliphatic carbocycles. The zero-order valence-corrected chi connectivity index (χ0v) is 8.60. The molecule has 0 aliphatic heterocycles. The summed E-state index contributed by atoms with van der Waals surface area (Å²) in [5.74, 6) is 0. The van der Waals surface area contributed by atoms with E-state index in [0.29, 0.717) is 12.8 Å². The molecule has 1 rings (SSSR count). The van der Waals surface area contributed by atoms with E-state index in [2.05, 4.69) is 18.2 Å². The number of allylic oxidation sites excluding steroid dienone is 3. The van der Waals surface area contributed by atoms with Gasteiger partial charge in [0.05, 0.1) is 12.2 Å². The van der Waals surface area contributed by atoms with Crippen LogP contribution in [-0.2, 0) is 0 Å². The van der Waals surface area contributed by atoms with E-state index in [4.69, 9.17) is 0 Å². The molecule has 0 heterocycles. The van der Waals surface area contributed by atoms with Gasteiger partial charge in [-0.1, -0.05) is 24.3 Å². The van der Waals surface area contributed by atoms with Crippen LogP contribution in [0.25, 0.3) is 0 Å². The summed E-state index contributed by atoms with van der Waals surface area (Å²) in [5, 5.41) is 19.1. The van der Waals surface area contributed by atoms with Crippen molar-refractivity contribution in [3.05, 3.63) is 24.3 Å². The lowest BCUT2D eigenvalue weighted by Gasteiger charge is -2.15. The maximum absolute atomic E-state index is 9.55. The first-order valence-electron chi connectivity index (χ1n) is 5.47. The van der Waals surface area contributed by atoms with Crippen LogP contribution in [0.2, 0.25) is 0 Å². The second-order valence-corrected chi connectivity index (χ2v) is 3.82. The van der Waals surface area contributed by atoms with Gasteiger partial charge in [-0.3, -0.25) is 0 Å². The van der Waals surface area contributed by atoms with Crippen molar-refractivity contribution in [1.82, 2.24) is 0 Å². The molecule has 2 atom stereocenters. The minimum atomic E-state index is -0.588. The summed E-state index contributed by atoms with van der Waals surface area (Å²) in [6.07, 6.45) is 12.6. The van der Waals surface area contributed by atoms with Gasteiger partial charge in [0.2, 0.25) is 0 Å². The summed E-state index contributed by atoms with van der Waals surface area (Å²) in [6.45, 7) is 0. The maximum Gasteiger partial charge on any atom is 0.0833 e. The molecule has 2 nitrogen and oxygen atoms in total. The summed E-state index contributed by atoms with van der Waals surface area (Å²) in [7, 11) is 0. The van der Waals surface area contributed by atoms with Crippen molar-refractivity contribution in [3.63, 3.8) is 0 Å². The van der Waals surface area contributed by atoms with E-state index in [1.54, 1.807) is 0 Å². The van der Waals surface area contributed by atoms with E-state index >= 15 is 0 Å². The first-order chi connectivity index (χ1) is 6.80. The number of hydrogen-bond acceptors (Lipinski definition) is 2. The smallest absolute Gasteiger partial charge is 0.0833 e. The van der Waals surface area contributed by atoms with Crippen LogP contribution in [0, 0.1) is 0 Å². The number of aliphatic hydroxyl groups excluding tert-OH is 2. The normalized spacial score (nSPS) is 35.3. The first-order valence-corrected chi connectivity index (χ1v) is 5.47. The van der Waals surface area contributed by atoms with Crippen molar-refractivity contribution in [1.29, 1.82) is 0 Å². The Hall–Kier alpha value is -0.600. The van der Waals surface area contributed by atoms with Crippen molar-refractivity contribution >= 4 is 0 Å². The fraction of sp³-hybridized carbons (Fsp3) is 0.667. The van der Waals surface area contributed by atoms with Crippen LogP contribution in [0.4, 0.5) is 0 Å². The van der Waals surface area contributed by atoms with Crippen molar-refractivity contribution in [2.24, 2.45) is 0 Å². The molecule has 0 amide bonds. The average molecular weight is 196 g/mol. The molecule has 0 bridgehead atoms. The van der Waals surface area contributed by atoms with Crippen LogP contribution < -0.4 is 0 Å². The summed E-state index contributed by atoms with van der Waals surface area (Å²) in [5.41, 5.74) is 0. The van der Waals surface area contributed by atoms with Crippen molar-refractivity contribution in [2.75, 3.05) is 0 Å². The Morgan fingerprint density at radius 2 is 1.43 bits per heavy atom. The van der Waals surface area contributed by atoms with Gasteiger partial charge in [-0.2, -0.15) is 0 Å². The number of rotatable bonds is 0. The molecule has 0 unspecified atom stereocenters. The highest BCUT2D eigenvalue weighted by Gasteiger charge is 2.13. The lowest BCUT2D eigenvalue weighted by atomic mass is 10.0. The van der Waals surface area contributed by atoms with Gasteiger partial charge in [-0.05, 0) is 38.5 Å². The molecule has 80 valence electrons. The van der Waals surface area contributed by atoms with Crippen molar-refractivity contribution in [2.45, 2.75) is 50.7 Å². The van der Waals surface area contributed by atoms with Crippen molar-refractivity contribution in [3.8, 4) is 0 Å². The van der Waals surface area contributed by atoms with Crippen LogP contribution in [0.15, 0.2) is 24.3 Å². The van der Waals surface area contributed by atoms with Gasteiger partial charge >= 0.3 is 0 Å². The summed E-state index contributed by atoms with van der Waals surface area (Å²) >= 11 is 0. The SMILES string of the molecule is O[C@@H]1C/C=C\CC/C=C/CCC[C@@H]1O. The molecule has 0 saturated carbocycles. The van der Waals surface area contributed by atoms with Crippen LogP contribution in [0.5, 0.6) is 0 Å². The van der Waals surface area contributed by atoms with Gasteiger partial charge in [-0.15, -0.1) is 0 Å². The van der Waals surface area contributed by atoms with Crippen molar-refractivity contribution < 1.29 is 10.2 Å². The lowest BCUT2D eigenvalue weighted by Crippen LogP contribution is -2.25. The van der Waals surface area contributed by atoms with Crippen LogP contribution in [0.3, 0.4) is 0 Å². The molecule has 2 N–H and O–H groups in total. The lowest BCUT2D eigenvalue weighted by molar-refractivity contribution is 0.0157. The second-order valence-electron chi connectivity index (χ2n) is 3.82. The molecular formula is C12H20O2. The minimum Gasteiger partial charge on any atom is -0.390 e. The highest BCUT2D eigenvalue weighted by molar-refractivity contribution is 4.91. The van der Waals surface area contributed by atoms with Gasteiger partial charge < -0.3 is 10.2 Å². The Kier molecular flexibility index (Phi) is 5.57. The van der Waals surface area contributed by atoms with Gasteiger partial charge in [0, 0.05) is 0 Å². The number of hydrogen-bond donors (Lipinski definition) is 2. The van der Waals surface area contributed by atoms with Gasteiger partial charge in [-0.25, -0.2) is 0 Å². The van der Waals surface area contributed by atoms with E-state index < -0.39 is 12.2 Å². The standard InChI is InChI=1S/C12H20O2/c13-11-9-7-5-3-1-2-4-6-8-10-12(11)14/h1,3,6,8,11-14H,2,4-5,7,9-10H2/b3-1+,8-6-/t11-,12+/m0/s1. The van der Waals surface area contributed by atoms with Crippen LogP contribution in [-0.4, -0.2) is 22.4 Å². The topological polar surface area (TPSA) is 40.5 Å². The van der Waals surface area contributed by atoms with E-state index in [0.717, 1.165) is 25.7 Å². The summed E-state index contributed by atoms with van der Waals surface area (Å²) in [6, 6.07) is 0. The highest BCUT2D eigenvalue weighted by Crippen LogP contribution is 2.10. The Balaban J connectivity index is 2.41. The predicted molar refractivity (Wildman–Crippen MR) is 58.0 cm³/mol. The van der Waals surface area contributed by atoms with Gasteiger partial charge in [0.1, 0.15) is 0 Å². The maximum atomic E-state index is 9.55. The second kappa shape index (κ2) is 6.80. The molecule has 0 radical (unpaired) electrons. The van der Waals surface area contributed by atoms with E-state index in [-0.39, 0.29) is 0 Å². The monoisotopic (exact) mass is 196 g/mol. The molecule has 0 fully saturated rings. The molecule has 1 aliphatic rings. The molecule has 0 saturated heterocycles. The minimum absolute atomic E-state index is 0.563. The third-order valence-corrected chi connectivity index (χ3v) is 2.53. The largest absolute Gasteiger partial charge is 0.390 e. The Labute approximate surface area is 86.0 Å². The fourth-order valence-electron chi connectivity index (χ4n) is 1.58. The quantitative estimate of drug-likeness (QED) is 0.583. The Morgan fingerprint density at radius 3 is 2.21 bits per heavy atom. The zero-order chi connectivity index (χ0) is 10.2.